The van der Waals surface area contributed by atoms with E-state index in [0.717, 1.165) is 46.1 Å². The summed E-state index contributed by atoms with van der Waals surface area (Å²) in [5, 5.41) is 29.9. The van der Waals surface area contributed by atoms with Gasteiger partial charge in [0.1, 0.15) is 5.82 Å². The van der Waals surface area contributed by atoms with Gasteiger partial charge in [-0.3, -0.25) is 9.78 Å². The van der Waals surface area contributed by atoms with Gasteiger partial charge in [0.15, 0.2) is 0 Å². The number of aliphatic hydroxyl groups excluding tert-OH is 2. The van der Waals surface area contributed by atoms with Crippen LogP contribution in [0.25, 0.3) is 28.1 Å². The van der Waals surface area contributed by atoms with Crippen molar-refractivity contribution < 1.29 is 27.4 Å². The summed E-state index contributed by atoms with van der Waals surface area (Å²) in [6.45, 7) is 0. The van der Waals surface area contributed by atoms with E-state index >= 15 is 0 Å². The number of para-hydroxylation sites is 1. The first-order valence-electron chi connectivity index (χ1n) is 10.4. The van der Waals surface area contributed by atoms with Gasteiger partial charge in [-0.25, -0.2) is 4.39 Å². The number of aliphatic carboxylic acids is 1. The van der Waals surface area contributed by atoms with Crippen LogP contribution < -0.4 is 0 Å². The molecule has 2 aromatic carbocycles. The van der Waals surface area contributed by atoms with E-state index in [1.165, 1.54) is 12.1 Å². The topological polar surface area (TPSA) is 90.7 Å². The van der Waals surface area contributed by atoms with E-state index in [-0.39, 0.29) is 52.8 Å². The van der Waals surface area contributed by atoms with Crippen molar-refractivity contribution in [3.63, 3.8) is 0 Å². The van der Waals surface area contributed by atoms with Crippen LogP contribution in [-0.4, -0.2) is 76.2 Å². The Kier molecular flexibility index (Phi) is 8.42. The average molecular weight is 464 g/mol. The number of aromatic nitrogens is 1. The van der Waals surface area contributed by atoms with Crippen molar-refractivity contribution in [1.29, 1.82) is 0 Å². The van der Waals surface area contributed by atoms with E-state index < -0.39 is 24.6 Å². The summed E-state index contributed by atoms with van der Waals surface area (Å²) in [4.78, 5) is 15.6. The second-order valence-electron chi connectivity index (χ2n) is 8.00. The monoisotopic (exact) mass is 463 g/mol. The van der Waals surface area contributed by atoms with Crippen LogP contribution in [0.5, 0.6) is 0 Å². The molecule has 0 amide bonds. The van der Waals surface area contributed by atoms with Gasteiger partial charge < -0.3 is 18.2 Å². The summed E-state index contributed by atoms with van der Waals surface area (Å²) in [7, 11) is 0. The SMILES string of the molecule is O=C(O)C[C@H](O)C[C@@H](O)/C=C/c1c(C2CC2)nc2ccccc2c1-c1ccc(F)cc1.[Ca+2].[H-].[H-]. The second kappa shape index (κ2) is 10.9. The van der Waals surface area contributed by atoms with Gasteiger partial charge in [-0.05, 0) is 36.6 Å². The molecule has 1 aliphatic carbocycles. The molecule has 1 aromatic heterocycles. The predicted molar refractivity (Wildman–Crippen MR) is 125 cm³/mol. The van der Waals surface area contributed by atoms with E-state index in [4.69, 9.17) is 10.1 Å². The maximum Gasteiger partial charge on any atom is 2.00 e. The summed E-state index contributed by atoms with van der Waals surface area (Å²) in [6, 6.07) is 14.1. The predicted octanol–water partition coefficient (Wildman–Crippen LogP) is 4.36. The van der Waals surface area contributed by atoms with Crippen molar-refractivity contribution >= 4 is 60.7 Å². The molecule has 5 nitrogen and oxygen atoms in total. The quantitative estimate of drug-likeness (QED) is 0.432. The van der Waals surface area contributed by atoms with E-state index in [1.807, 2.05) is 24.3 Å². The first-order chi connectivity index (χ1) is 14.9. The molecule has 0 unspecified atom stereocenters. The van der Waals surface area contributed by atoms with Crippen LogP contribution in [-0.2, 0) is 4.79 Å². The van der Waals surface area contributed by atoms with Crippen LogP contribution in [0.4, 0.5) is 4.39 Å². The molecule has 2 atom stereocenters. The smallest absolute Gasteiger partial charge is 1.00 e. The van der Waals surface area contributed by atoms with Crippen LogP contribution in [0.3, 0.4) is 0 Å². The molecule has 0 bridgehead atoms. The number of pyridine rings is 1. The Labute approximate surface area is 218 Å². The molecular formula is C25H26CaFNO4. The maximum atomic E-state index is 13.6. The van der Waals surface area contributed by atoms with Crippen molar-refractivity contribution in [2.45, 2.75) is 43.8 Å². The van der Waals surface area contributed by atoms with Gasteiger partial charge in [-0.2, -0.15) is 0 Å². The number of hydrogen-bond acceptors (Lipinski definition) is 4. The first kappa shape index (κ1) is 24.8. The molecule has 7 heteroatoms. The normalized spacial score (nSPS) is 15.5. The number of hydrogen-bond donors (Lipinski definition) is 3. The Morgan fingerprint density at radius 3 is 2.50 bits per heavy atom. The minimum Gasteiger partial charge on any atom is -1.00 e. The maximum absolute atomic E-state index is 13.6. The number of fused-ring (bicyclic) bond motifs is 1. The summed E-state index contributed by atoms with van der Waals surface area (Å²) < 4.78 is 13.6. The molecule has 4 rings (SSSR count). The molecule has 1 fully saturated rings. The summed E-state index contributed by atoms with van der Waals surface area (Å²) in [5.74, 6) is -1.10. The van der Waals surface area contributed by atoms with E-state index in [1.54, 1.807) is 24.3 Å². The number of carbonyl (C=O) groups is 1. The van der Waals surface area contributed by atoms with Gasteiger partial charge >= 0.3 is 43.7 Å². The van der Waals surface area contributed by atoms with E-state index in [9.17, 15) is 19.4 Å². The molecule has 3 N–H and O–H groups in total. The van der Waals surface area contributed by atoms with Crippen molar-refractivity contribution in [2.24, 2.45) is 0 Å². The summed E-state index contributed by atoms with van der Waals surface area (Å²) >= 11 is 0. The Bertz CT molecular complexity index is 1140. The molecule has 0 radical (unpaired) electrons. The van der Waals surface area contributed by atoms with Gasteiger partial charge in [0.05, 0.1) is 29.8 Å². The van der Waals surface area contributed by atoms with E-state index in [0.29, 0.717) is 5.92 Å². The van der Waals surface area contributed by atoms with Crippen molar-refractivity contribution in [3.05, 3.63) is 71.7 Å². The number of aliphatic hydroxyl groups is 2. The summed E-state index contributed by atoms with van der Waals surface area (Å²) in [6.07, 6.45) is 2.80. The molecule has 0 spiro atoms. The third kappa shape index (κ3) is 5.94. The molecular weight excluding hydrogens is 437 g/mol. The van der Waals surface area contributed by atoms with Gasteiger partial charge in [-0.15, -0.1) is 0 Å². The molecule has 1 heterocycles. The number of carboxylic acid groups (broad SMARTS) is 1. The molecule has 0 saturated heterocycles. The average Bonchev–Trinajstić information content (AvgIpc) is 3.56. The second-order valence-corrected chi connectivity index (χ2v) is 8.00. The number of benzene rings is 2. The molecule has 0 aliphatic heterocycles. The number of rotatable bonds is 8. The Hall–Kier alpha value is -1.83. The molecule has 1 saturated carbocycles. The van der Waals surface area contributed by atoms with Crippen LogP contribution in [0.2, 0.25) is 0 Å². The van der Waals surface area contributed by atoms with Gasteiger partial charge in [0.2, 0.25) is 0 Å². The summed E-state index contributed by atoms with van der Waals surface area (Å²) in [5.41, 5.74) is 4.43. The Morgan fingerprint density at radius 2 is 1.84 bits per heavy atom. The van der Waals surface area contributed by atoms with Gasteiger partial charge in [-0.1, -0.05) is 42.5 Å². The molecule has 1 aliphatic rings. The van der Waals surface area contributed by atoms with Crippen LogP contribution in [0, 0.1) is 5.82 Å². The van der Waals surface area contributed by atoms with E-state index in [2.05, 4.69) is 0 Å². The van der Waals surface area contributed by atoms with Crippen molar-refractivity contribution in [2.75, 3.05) is 0 Å². The van der Waals surface area contributed by atoms with Crippen molar-refractivity contribution in [3.8, 4) is 11.1 Å². The Balaban J connectivity index is 0.00000193. The minimum absolute atomic E-state index is 0. The first-order valence-corrected chi connectivity index (χ1v) is 10.4. The fourth-order valence-electron chi connectivity index (χ4n) is 3.86. The molecule has 164 valence electrons. The van der Waals surface area contributed by atoms with Crippen LogP contribution in [0.1, 0.15) is 45.7 Å². The Morgan fingerprint density at radius 1 is 1.16 bits per heavy atom. The number of carboxylic acids is 1. The molecule has 3 aromatic rings. The van der Waals surface area contributed by atoms with Crippen LogP contribution >= 0.6 is 0 Å². The largest absolute Gasteiger partial charge is 2.00 e. The minimum atomic E-state index is -1.13. The fourth-order valence-corrected chi connectivity index (χ4v) is 3.86. The third-order valence-corrected chi connectivity index (χ3v) is 5.47. The zero-order valence-electron chi connectivity index (χ0n) is 19.6. The van der Waals surface area contributed by atoms with Gasteiger partial charge in [0.25, 0.3) is 0 Å². The zero-order chi connectivity index (χ0) is 22.0. The fraction of sp³-hybridized carbons (Fsp3) is 0.280. The standard InChI is InChI=1S/C25H24FNO4.Ca.2H/c26-17-9-7-15(8-10-17)24-20-3-1-2-4-22(20)27-25(16-5-6-16)21(24)12-11-18(28)13-19(29)14-23(30)31;;;/h1-4,7-12,16,18-19,28-29H,5-6,13-14H2,(H,30,31);;;/q;+2;2*-1/b12-11+;;;/t18-,19+;;;/m0.../s1. The number of halogens is 1. The number of nitrogens with zero attached hydrogens (tertiary/aromatic N) is 1. The van der Waals surface area contributed by atoms with Crippen molar-refractivity contribution in [1.82, 2.24) is 4.98 Å². The third-order valence-electron chi connectivity index (χ3n) is 5.47. The molecule has 32 heavy (non-hydrogen) atoms. The van der Waals surface area contributed by atoms with Crippen LogP contribution in [0.15, 0.2) is 54.6 Å². The zero-order valence-corrected chi connectivity index (χ0v) is 19.8. The van der Waals surface area contributed by atoms with Gasteiger partial charge in [0, 0.05) is 28.9 Å².